The quantitative estimate of drug-likeness (QED) is 0.0923. The summed E-state index contributed by atoms with van der Waals surface area (Å²) >= 11 is 0. The van der Waals surface area contributed by atoms with Crippen molar-refractivity contribution in [3.63, 3.8) is 0 Å². The summed E-state index contributed by atoms with van der Waals surface area (Å²) in [7, 11) is 1.59. The molecule has 5 N–H and O–H groups in total. The van der Waals surface area contributed by atoms with Gasteiger partial charge in [-0.2, -0.15) is 0 Å². The number of benzene rings is 5. The van der Waals surface area contributed by atoms with Crippen LogP contribution in [0.1, 0.15) is 68.8 Å². The largest absolute Gasteiger partial charge is 0.508 e. The zero-order valence-corrected chi connectivity index (χ0v) is 28.6. The second-order valence-electron chi connectivity index (χ2n) is 13.3. The van der Waals surface area contributed by atoms with E-state index in [0.29, 0.717) is 47.5 Å². The number of hydrogen-bond donors (Lipinski definition) is 5. The molecule has 4 atom stereocenters. The highest BCUT2D eigenvalue weighted by molar-refractivity contribution is 6.03. The van der Waals surface area contributed by atoms with E-state index in [1.54, 1.807) is 55.6 Å². The fraction of sp³-hybridized carbons (Fsp3) is 0.233. The zero-order valence-electron chi connectivity index (χ0n) is 28.6. The normalized spacial score (nSPS) is 19.3. The number of allylic oxidation sites excluding steroid dienone is 1. The molecule has 0 bridgehead atoms. The summed E-state index contributed by atoms with van der Waals surface area (Å²) in [4.78, 5) is 14.2. The molecule has 7 rings (SSSR count). The fourth-order valence-corrected chi connectivity index (χ4v) is 7.13. The summed E-state index contributed by atoms with van der Waals surface area (Å²) in [5.41, 5.74) is 4.32. The number of carbonyl (C=O) groups excluding carboxylic acids is 1. The van der Waals surface area contributed by atoms with E-state index in [0.717, 1.165) is 16.7 Å². The molecule has 0 spiro atoms. The second-order valence-corrected chi connectivity index (χ2v) is 13.3. The summed E-state index contributed by atoms with van der Waals surface area (Å²) < 4.78 is 18.7. The number of hydrogen-bond acceptors (Lipinski definition) is 9. The molecule has 0 aliphatic carbocycles. The van der Waals surface area contributed by atoms with Gasteiger partial charge in [0.1, 0.15) is 58.0 Å². The van der Waals surface area contributed by atoms with E-state index in [-0.39, 0.29) is 58.9 Å². The number of methoxy groups -OCH3 is 1. The van der Waals surface area contributed by atoms with Crippen molar-refractivity contribution in [3.8, 4) is 40.2 Å². The highest BCUT2D eigenvalue weighted by atomic mass is 16.5. The van der Waals surface area contributed by atoms with Crippen LogP contribution < -0.4 is 14.2 Å². The Morgan fingerprint density at radius 3 is 1.92 bits per heavy atom. The molecule has 2 aliphatic rings. The maximum absolute atomic E-state index is 14.2. The molecule has 2 heterocycles. The SMILES string of the molecule is COc1ccc(CCC(=O)c2c(O)c3c(c4c2O[C@@H](c2ccc(O)cc2)[C@H](C/C=C/c2ccc(O)cc2)C4)O[C@@H](c2ccc(O)cc2)[C@H](O)C3)cc1. The van der Waals surface area contributed by atoms with Gasteiger partial charge in [0.15, 0.2) is 5.78 Å². The predicted octanol–water partition coefficient (Wildman–Crippen LogP) is 7.77. The lowest BCUT2D eigenvalue weighted by molar-refractivity contribution is 0.0169. The summed E-state index contributed by atoms with van der Waals surface area (Å²) in [5, 5.41) is 52.9. The van der Waals surface area contributed by atoms with Crippen LogP contribution in [0.5, 0.6) is 40.2 Å². The Bertz CT molecular complexity index is 2070. The molecule has 0 saturated carbocycles. The fourth-order valence-electron chi connectivity index (χ4n) is 7.13. The molecule has 5 aromatic carbocycles. The number of ketones is 1. The minimum Gasteiger partial charge on any atom is -0.508 e. The number of aromatic hydroxyl groups is 4. The lowest BCUT2D eigenvalue weighted by Gasteiger charge is -2.39. The van der Waals surface area contributed by atoms with E-state index in [2.05, 4.69) is 0 Å². The van der Waals surface area contributed by atoms with E-state index >= 15 is 0 Å². The van der Waals surface area contributed by atoms with Crippen LogP contribution in [0.15, 0.2) is 103 Å². The van der Waals surface area contributed by atoms with Crippen LogP contribution in [0.4, 0.5) is 0 Å². The van der Waals surface area contributed by atoms with Gasteiger partial charge < -0.3 is 39.7 Å². The summed E-state index contributed by atoms with van der Waals surface area (Å²) in [5.74, 6) is 0.958. The molecule has 5 aromatic rings. The van der Waals surface area contributed by atoms with Crippen LogP contribution in [0, 0.1) is 5.92 Å². The highest BCUT2D eigenvalue weighted by Crippen LogP contribution is 2.54. The first-order valence-corrected chi connectivity index (χ1v) is 17.3. The number of Topliss-reactive ketones (excluding diaryl/α,β-unsaturated/α-hetero) is 1. The van der Waals surface area contributed by atoms with Gasteiger partial charge >= 0.3 is 0 Å². The average Bonchev–Trinajstić information content (AvgIpc) is 3.15. The van der Waals surface area contributed by atoms with Crippen LogP contribution in [0.3, 0.4) is 0 Å². The second kappa shape index (κ2) is 14.7. The summed E-state index contributed by atoms with van der Waals surface area (Å²) in [6, 6.07) is 27.6. The molecule has 0 fully saturated rings. The number of phenolic OH excluding ortho intramolecular Hbond substituents is 4. The van der Waals surface area contributed by atoms with Gasteiger partial charge in [0.2, 0.25) is 0 Å². The van der Waals surface area contributed by atoms with Crippen molar-refractivity contribution in [2.24, 2.45) is 5.92 Å². The highest BCUT2D eigenvalue weighted by Gasteiger charge is 2.42. The first-order valence-electron chi connectivity index (χ1n) is 17.3. The number of aliphatic hydroxyl groups is 1. The number of rotatable bonds is 10. The molecule has 2 aliphatic heterocycles. The molecular formula is C43H40O9. The van der Waals surface area contributed by atoms with Gasteiger partial charge in [-0.3, -0.25) is 4.79 Å². The molecule has 0 radical (unpaired) electrons. The van der Waals surface area contributed by atoms with Gasteiger partial charge in [0, 0.05) is 29.9 Å². The first-order chi connectivity index (χ1) is 25.2. The monoisotopic (exact) mass is 700 g/mol. The first kappa shape index (κ1) is 34.5. The van der Waals surface area contributed by atoms with Gasteiger partial charge in [0.25, 0.3) is 0 Å². The van der Waals surface area contributed by atoms with Crippen molar-refractivity contribution in [1.29, 1.82) is 0 Å². The Kier molecular flexibility index (Phi) is 9.78. The average molecular weight is 701 g/mol. The van der Waals surface area contributed by atoms with Gasteiger partial charge in [-0.25, -0.2) is 0 Å². The number of fused-ring (bicyclic) bond motifs is 3. The number of aliphatic hydroxyl groups excluding tert-OH is 1. The molecule has 9 heteroatoms. The Labute approximate surface area is 301 Å². The third-order valence-electron chi connectivity index (χ3n) is 9.88. The van der Waals surface area contributed by atoms with Crippen molar-refractivity contribution in [1.82, 2.24) is 0 Å². The van der Waals surface area contributed by atoms with Crippen LogP contribution in [-0.4, -0.2) is 44.5 Å². The maximum Gasteiger partial charge on any atom is 0.170 e. The van der Waals surface area contributed by atoms with Crippen LogP contribution in [0.25, 0.3) is 6.08 Å². The van der Waals surface area contributed by atoms with Crippen molar-refractivity contribution in [3.05, 3.63) is 142 Å². The number of carbonyl (C=O) groups is 1. The number of aryl methyl sites for hydroxylation is 1. The van der Waals surface area contributed by atoms with E-state index in [4.69, 9.17) is 14.2 Å². The minimum absolute atomic E-state index is 0.0333. The predicted molar refractivity (Wildman–Crippen MR) is 195 cm³/mol. The smallest absolute Gasteiger partial charge is 0.170 e. The zero-order chi connectivity index (χ0) is 36.4. The van der Waals surface area contributed by atoms with E-state index in [9.17, 15) is 30.3 Å². The summed E-state index contributed by atoms with van der Waals surface area (Å²) in [6.07, 6.45) is 3.15. The van der Waals surface area contributed by atoms with Crippen molar-refractivity contribution >= 4 is 11.9 Å². The Morgan fingerprint density at radius 1 is 0.731 bits per heavy atom. The van der Waals surface area contributed by atoms with Gasteiger partial charge in [-0.05, 0) is 90.0 Å². The van der Waals surface area contributed by atoms with Crippen molar-refractivity contribution < 1.29 is 44.5 Å². The molecular weight excluding hydrogens is 660 g/mol. The number of phenols is 4. The van der Waals surface area contributed by atoms with Gasteiger partial charge in [-0.15, -0.1) is 0 Å². The maximum atomic E-state index is 14.2. The molecule has 9 nitrogen and oxygen atoms in total. The van der Waals surface area contributed by atoms with Gasteiger partial charge in [0.05, 0.1) is 13.2 Å². The third-order valence-corrected chi connectivity index (χ3v) is 9.88. The van der Waals surface area contributed by atoms with Crippen molar-refractivity contribution in [2.75, 3.05) is 7.11 Å². The van der Waals surface area contributed by atoms with Gasteiger partial charge in [-0.1, -0.05) is 60.7 Å². The molecule has 0 saturated heterocycles. The van der Waals surface area contributed by atoms with Crippen LogP contribution in [0.2, 0.25) is 0 Å². The molecule has 0 aromatic heterocycles. The van der Waals surface area contributed by atoms with Crippen LogP contribution in [-0.2, 0) is 19.3 Å². The molecule has 266 valence electrons. The Balaban J connectivity index is 1.30. The lowest BCUT2D eigenvalue weighted by Crippen LogP contribution is -2.33. The topological polar surface area (TPSA) is 146 Å². The lowest BCUT2D eigenvalue weighted by atomic mass is 9.80. The van der Waals surface area contributed by atoms with E-state index in [1.807, 2.05) is 48.6 Å². The van der Waals surface area contributed by atoms with Crippen molar-refractivity contribution in [2.45, 2.75) is 50.4 Å². The minimum atomic E-state index is -1.04. The van der Waals surface area contributed by atoms with E-state index in [1.165, 1.54) is 12.1 Å². The summed E-state index contributed by atoms with van der Waals surface area (Å²) in [6.45, 7) is 0. The molecule has 52 heavy (non-hydrogen) atoms. The Hall–Kier alpha value is -5.93. The number of ether oxygens (including phenoxy) is 3. The van der Waals surface area contributed by atoms with Crippen LogP contribution >= 0.6 is 0 Å². The standard InChI is InChI=1S/C43H40O9/c1-50-33-20-7-26(8-21-33)9-22-36(47)38-39(49)34-24-37(48)41(28-12-18-32(46)19-13-28)52-42(34)35-23-29(4-2-3-25-5-14-30(44)15-6-25)40(51-43(35)38)27-10-16-31(45)17-11-27/h2-3,5-8,10-21,29,37,40-41,44-46,48-49H,4,9,22-24H2,1H3/b3-2+/t29-,37-,40+,41+/m1/s1. The van der Waals surface area contributed by atoms with E-state index < -0.39 is 18.3 Å². The molecule has 0 unspecified atom stereocenters. The molecule has 0 amide bonds. The third kappa shape index (κ3) is 7.13. The Morgan fingerprint density at radius 2 is 1.31 bits per heavy atom.